The van der Waals surface area contributed by atoms with Crippen LogP contribution in [0.1, 0.15) is 53.9 Å². The largest absolute Gasteiger partial charge is 0.375 e. The van der Waals surface area contributed by atoms with E-state index in [0.717, 1.165) is 5.92 Å². The third-order valence-electron chi connectivity index (χ3n) is 4.90. The summed E-state index contributed by atoms with van der Waals surface area (Å²) in [7, 11) is 2.11. The monoisotopic (exact) mass is 241 g/mol. The van der Waals surface area contributed by atoms with Crippen LogP contribution in [0.25, 0.3) is 0 Å². The number of nitrogens with one attached hydrogen (secondary N) is 1. The predicted octanol–water partition coefficient (Wildman–Crippen LogP) is 3.46. The fourth-order valence-electron chi connectivity index (χ4n) is 3.44. The Morgan fingerprint density at radius 1 is 1.06 bits per heavy atom. The molecule has 0 spiro atoms. The van der Waals surface area contributed by atoms with Gasteiger partial charge in [-0.15, -0.1) is 0 Å². The van der Waals surface area contributed by atoms with Crippen molar-refractivity contribution in [2.45, 2.75) is 72.1 Å². The second-order valence-corrected chi connectivity index (χ2v) is 5.80. The second kappa shape index (κ2) is 6.75. The summed E-state index contributed by atoms with van der Waals surface area (Å²) in [5.41, 5.74) is 0. The Hall–Kier alpha value is -0.0800. The number of hydrogen-bond donors (Lipinski definition) is 1. The molecule has 1 N–H and O–H groups in total. The summed E-state index contributed by atoms with van der Waals surface area (Å²) in [5, 5.41) is 3.54. The average molecular weight is 241 g/mol. The Morgan fingerprint density at radius 3 is 2.00 bits per heavy atom. The van der Waals surface area contributed by atoms with Gasteiger partial charge in [0, 0.05) is 12.0 Å². The second-order valence-electron chi connectivity index (χ2n) is 5.80. The van der Waals surface area contributed by atoms with Crippen LogP contribution in [0.4, 0.5) is 0 Å². The molecule has 1 fully saturated rings. The SMILES string of the molecule is CCC(CC)CC(NC)C1C(C)OC(C)C1C. The van der Waals surface area contributed by atoms with Crippen molar-refractivity contribution in [1.29, 1.82) is 0 Å². The zero-order valence-electron chi connectivity index (χ0n) is 12.5. The van der Waals surface area contributed by atoms with Gasteiger partial charge in [-0.1, -0.05) is 33.6 Å². The van der Waals surface area contributed by atoms with E-state index in [1.165, 1.54) is 19.3 Å². The quantitative estimate of drug-likeness (QED) is 0.769. The molecule has 0 bridgehead atoms. The van der Waals surface area contributed by atoms with Crippen molar-refractivity contribution in [3.63, 3.8) is 0 Å². The zero-order valence-corrected chi connectivity index (χ0v) is 12.5. The average Bonchev–Trinajstić information content (AvgIpc) is 2.56. The number of ether oxygens (including phenoxy) is 1. The summed E-state index contributed by atoms with van der Waals surface area (Å²) in [5.74, 6) is 2.18. The number of hydrogen-bond acceptors (Lipinski definition) is 2. The zero-order chi connectivity index (χ0) is 13.0. The highest BCUT2D eigenvalue weighted by atomic mass is 16.5. The Balaban J connectivity index is 2.66. The van der Waals surface area contributed by atoms with Crippen LogP contribution < -0.4 is 5.32 Å². The van der Waals surface area contributed by atoms with Gasteiger partial charge in [0.15, 0.2) is 0 Å². The molecule has 5 atom stereocenters. The van der Waals surface area contributed by atoms with E-state index >= 15 is 0 Å². The van der Waals surface area contributed by atoms with Crippen molar-refractivity contribution in [3.8, 4) is 0 Å². The molecule has 1 heterocycles. The summed E-state index contributed by atoms with van der Waals surface area (Å²) in [4.78, 5) is 0. The lowest BCUT2D eigenvalue weighted by molar-refractivity contribution is 0.0467. The topological polar surface area (TPSA) is 21.3 Å². The highest BCUT2D eigenvalue weighted by molar-refractivity contribution is 4.91. The van der Waals surface area contributed by atoms with Crippen molar-refractivity contribution in [1.82, 2.24) is 5.32 Å². The summed E-state index contributed by atoms with van der Waals surface area (Å²) >= 11 is 0. The summed E-state index contributed by atoms with van der Waals surface area (Å²) < 4.78 is 5.98. The standard InChI is InChI=1S/C15H31NO/c1-7-13(8-2)9-14(16-6)15-10(3)11(4)17-12(15)5/h10-16H,7-9H2,1-6H3. The Bertz CT molecular complexity index is 215. The highest BCUT2D eigenvalue weighted by Gasteiger charge is 2.41. The molecule has 102 valence electrons. The molecule has 2 heteroatoms. The summed E-state index contributed by atoms with van der Waals surface area (Å²) in [6.45, 7) is 11.4. The molecule has 1 saturated heterocycles. The van der Waals surface area contributed by atoms with Crippen LogP contribution in [0, 0.1) is 17.8 Å². The van der Waals surface area contributed by atoms with Crippen molar-refractivity contribution in [2.24, 2.45) is 17.8 Å². The fraction of sp³-hybridized carbons (Fsp3) is 1.00. The Morgan fingerprint density at radius 2 is 1.65 bits per heavy atom. The van der Waals surface area contributed by atoms with E-state index in [-0.39, 0.29) is 0 Å². The first-order chi connectivity index (χ1) is 8.04. The van der Waals surface area contributed by atoms with Gasteiger partial charge in [-0.25, -0.2) is 0 Å². The van der Waals surface area contributed by atoms with Gasteiger partial charge in [0.05, 0.1) is 12.2 Å². The molecule has 0 amide bonds. The van der Waals surface area contributed by atoms with Crippen LogP contribution in [0.3, 0.4) is 0 Å². The normalized spacial score (nSPS) is 35.5. The molecule has 0 radical (unpaired) electrons. The van der Waals surface area contributed by atoms with Crippen LogP contribution >= 0.6 is 0 Å². The fourth-order valence-corrected chi connectivity index (χ4v) is 3.44. The first kappa shape index (κ1) is 15.0. The molecule has 2 nitrogen and oxygen atoms in total. The van der Waals surface area contributed by atoms with E-state index in [2.05, 4.69) is 47.0 Å². The maximum atomic E-state index is 5.98. The van der Waals surface area contributed by atoms with Gasteiger partial charge in [-0.2, -0.15) is 0 Å². The Kier molecular flexibility index (Phi) is 5.94. The third kappa shape index (κ3) is 3.45. The van der Waals surface area contributed by atoms with E-state index in [4.69, 9.17) is 4.74 Å². The predicted molar refractivity (Wildman–Crippen MR) is 74.2 cm³/mol. The molecule has 0 aromatic heterocycles. The molecule has 0 saturated carbocycles. The smallest absolute Gasteiger partial charge is 0.0597 e. The van der Waals surface area contributed by atoms with Gasteiger partial charge in [0.25, 0.3) is 0 Å². The van der Waals surface area contributed by atoms with Gasteiger partial charge < -0.3 is 10.1 Å². The maximum absolute atomic E-state index is 5.98. The van der Waals surface area contributed by atoms with Crippen LogP contribution in [-0.2, 0) is 4.74 Å². The Labute approximate surface area is 108 Å². The van der Waals surface area contributed by atoms with Crippen LogP contribution in [0.15, 0.2) is 0 Å². The van der Waals surface area contributed by atoms with Gasteiger partial charge in [0.1, 0.15) is 0 Å². The van der Waals surface area contributed by atoms with Crippen molar-refractivity contribution in [3.05, 3.63) is 0 Å². The van der Waals surface area contributed by atoms with Gasteiger partial charge >= 0.3 is 0 Å². The molecular weight excluding hydrogens is 210 g/mol. The maximum Gasteiger partial charge on any atom is 0.0597 e. The molecule has 5 unspecified atom stereocenters. The van der Waals surface area contributed by atoms with Crippen LogP contribution in [-0.4, -0.2) is 25.3 Å². The lowest BCUT2D eigenvalue weighted by Gasteiger charge is -2.31. The molecular formula is C15H31NO. The van der Waals surface area contributed by atoms with Gasteiger partial charge in [0.2, 0.25) is 0 Å². The van der Waals surface area contributed by atoms with E-state index < -0.39 is 0 Å². The lowest BCUT2D eigenvalue weighted by atomic mass is 9.79. The minimum Gasteiger partial charge on any atom is -0.375 e. The molecule has 0 aromatic rings. The molecule has 17 heavy (non-hydrogen) atoms. The van der Waals surface area contributed by atoms with E-state index in [1.807, 2.05) is 0 Å². The molecule has 1 rings (SSSR count). The highest BCUT2D eigenvalue weighted by Crippen LogP contribution is 2.36. The molecule has 1 aliphatic rings. The molecule has 1 aliphatic heterocycles. The van der Waals surface area contributed by atoms with Crippen molar-refractivity contribution < 1.29 is 4.74 Å². The third-order valence-corrected chi connectivity index (χ3v) is 4.90. The van der Waals surface area contributed by atoms with E-state index in [0.29, 0.717) is 30.1 Å². The van der Waals surface area contributed by atoms with Crippen molar-refractivity contribution >= 4 is 0 Å². The number of rotatable bonds is 6. The lowest BCUT2D eigenvalue weighted by Crippen LogP contribution is -2.41. The summed E-state index contributed by atoms with van der Waals surface area (Å²) in [6, 6.07) is 0.606. The van der Waals surface area contributed by atoms with Crippen molar-refractivity contribution in [2.75, 3.05) is 7.05 Å². The minimum atomic E-state index is 0.395. The van der Waals surface area contributed by atoms with Crippen LogP contribution in [0.5, 0.6) is 0 Å². The van der Waals surface area contributed by atoms with Crippen LogP contribution in [0.2, 0.25) is 0 Å². The first-order valence-electron chi connectivity index (χ1n) is 7.37. The van der Waals surface area contributed by atoms with Gasteiger partial charge in [-0.05, 0) is 39.2 Å². The summed E-state index contributed by atoms with van der Waals surface area (Å²) in [6.07, 6.45) is 4.68. The minimum absolute atomic E-state index is 0.395. The first-order valence-corrected chi connectivity index (χ1v) is 7.37. The van der Waals surface area contributed by atoms with E-state index in [9.17, 15) is 0 Å². The molecule has 0 aromatic carbocycles. The van der Waals surface area contributed by atoms with Gasteiger partial charge in [-0.3, -0.25) is 0 Å². The molecule has 0 aliphatic carbocycles. The van der Waals surface area contributed by atoms with E-state index in [1.54, 1.807) is 0 Å².